The molecule has 3 aromatic rings. The standard InChI is InChI=1S/C20H22N4O3/c1-3-21-12-15-7-6-8-16(11-15)23-20(25)17-9-4-5-10-18(17)26-13-19-22-14(2)27-24-19/h4-11,21H,3,12-13H2,1-2H3,(H,23,25). The highest BCUT2D eigenvalue weighted by Crippen LogP contribution is 2.21. The van der Waals surface area contributed by atoms with Crippen molar-refractivity contribution >= 4 is 11.6 Å². The summed E-state index contributed by atoms with van der Waals surface area (Å²) in [5.74, 6) is 1.12. The second-order valence-electron chi connectivity index (χ2n) is 5.95. The number of amides is 1. The second-order valence-corrected chi connectivity index (χ2v) is 5.95. The first-order valence-corrected chi connectivity index (χ1v) is 8.77. The van der Waals surface area contributed by atoms with Gasteiger partial charge in [0.25, 0.3) is 5.91 Å². The molecular formula is C20H22N4O3. The summed E-state index contributed by atoms with van der Waals surface area (Å²) in [6.45, 7) is 5.53. The van der Waals surface area contributed by atoms with Crippen molar-refractivity contribution in [3.05, 3.63) is 71.4 Å². The van der Waals surface area contributed by atoms with E-state index in [2.05, 4.69) is 27.7 Å². The fraction of sp³-hybridized carbons (Fsp3) is 0.250. The number of ether oxygens (including phenoxy) is 1. The number of rotatable bonds is 8. The van der Waals surface area contributed by atoms with Crippen LogP contribution in [0.5, 0.6) is 5.75 Å². The van der Waals surface area contributed by atoms with Crippen LogP contribution in [0.1, 0.15) is 34.6 Å². The largest absolute Gasteiger partial charge is 0.485 e. The Morgan fingerprint density at radius 3 is 2.81 bits per heavy atom. The molecule has 0 saturated heterocycles. The Labute approximate surface area is 157 Å². The van der Waals surface area contributed by atoms with Crippen LogP contribution in [0.3, 0.4) is 0 Å². The number of nitrogens with one attached hydrogen (secondary N) is 2. The summed E-state index contributed by atoms with van der Waals surface area (Å²) in [7, 11) is 0. The summed E-state index contributed by atoms with van der Waals surface area (Å²) in [6, 6.07) is 14.8. The van der Waals surface area contributed by atoms with Crippen molar-refractivity contribution < 1.29 is 14.1 Å². The Balaban J connectivity index is 1.69. The van der Waals surface area contributed by atoms with E-state index in [1.807, 2.05) is 30.3 Å². The molecule has 7 heteroatoms. The molecule has 0 fully saturated rings. The Morgan fingerprint density at radius 1 is 1.19 bits per heavy atom. The number of hydrogen-bond donors (Lipinski definition) is 2. The van der Waals surface area contributed by atoms with E-state index in [-0.39, 0.29) is 12.5 Å². The number of anilines is 1. The summed E-state index contributed by atoms with van der Waals surface area (Å²) in [6.07, 6.45) is 0. The van der Waals surface area contributed by atoms with Crippen LogP contribution < -0.4 is 15.4 Å². The van der Waals surface area contributed by atoms with Crippen molar-refractivity contribution in [1.82, 2.24) is 15.5 Å². The van der Waals surface area contributed by atoms with Gasteiger partial charge in [0.2, 0.25) is 11.7 Å². The maximum atomic E-state index is 12.7. The van der Waals surface area contributed by atoms with Crippen molar-refractivity contribution in [2.75, 3.05) is 11.9 Å². The van der Waals surface area contributed by atoms with Gasteiger partial charge in [-0.05, 0) is 36.4 Å². The molecule has 140 valence electrons. The monoisotopic (exact) mass is 366 g/mol. The number of benzene rings is 2. The molecule has 3 rings (SSSR count). The maximum Gasteiger partial charge on any atom is 0.259 e. The average Bonchev–Trinajstić information content (AvgIpc) is 3.10. The maximum absolute atomic E-state index is 12.7. The quantitative estimate of drug-likeness (QED) is 0.636. The Bertz CT molecular complexity index is 908. The van der Waals surface area contributed by atoms with Gasteiger partial charge in [0, 0.05) is 19.2 Å². The molecule has 0 aliphatic rings. The van der Waals surface area contributed by atoms with Crippen LogP contribution in [-0.4, -0.2) is 22.6 Å². The Kier molecular flexibility index (Phi) is 6.17. The molecule has 0 radical (unpaired) electrons. The van der Waals surface area contributed by atoms with Crippen LogP contribution in [0, 0.1) is 6.92 Å². The van der Waals surface area contributed by atoms with Gasteiger partial charge in [0.15, 0.2) is 6.61 Å². The minimum absolute atomic E-state index is 0.125. The van der Waals surface area contributed by atoms with Crippen LogP contribution in [0.25, 0.3) is 0 Å². The molecule has 1 amide bonds. The van der Waals surface area contributed by atoms with E-state index >= 15 is 0 Å². The van der Waals surface area contributed by atoms with Crippen molar-refractivity contribution in [1.29, 1.82) is 0 Å². The highest BCUT2D eigenvalue weighted by molar-refractivity contribution is 6.06. The summed E-state index contributed by atoms with van der Waals surface area (Å²) in [5, 5.41) is 9.98. The molecule has 2 N–H and O–H groups in total. The van der Waals surface area contributed by atoms with Crippen LogP contribution in [0.4, 0.5) is 5.69 Å². The smallest absolute Gasteiger partial charge is 0.259 e. The van der Waals surface area contributed by atoms with Crippen molar-refractivity contribution in [2.24, 2.45) is 0 Å². The van der Waals surface area contributed by atoms with Gasteiger partial charge in [-0.25, -0.2) is 0 Å². The molecule has 0 aliphatic carbocycles. The van der Waals surface area contributed by atoms with Crippen molar-refractivity contribution in [3.63, 3.8) is 0 Å². The normalized spacial score (nSPS) is 10.6. The predicted molar refractivity (Wildman–Crippen MR) is 102 cm³/mol. The number of carbonyl (C=O) groups excluding carboxylic acids is 1. The van der Waals surface area contributed by atoms with Crippen LogP contribution in [-0.2, 0) is 13.2 Å². The lowest BCUT2D eigenvalue weighted by atomic mass is 10.1. The fourth-order valence-corrected chi connectivity index (χ4v) is 2.55. The van der Waals surface area contributed by atoms with Gasteiger partial charge in [-0.2, -0.15) is 4.98 Å². The fourth-order valence-electron chi connectivity index (χ4n) is 2.55. The summed E-state index contributed by atoms with van der Waals surface area (Å²) in [4.78, 5) is 16.8. The molecule has 2 aromatic carbocycles. The van der Waals surface area contributed by atoms with E-state index in [0.717, 1.165) is 24.3 Å². The van der Waals surface area contributed by atoms with Crippen LogP contribution >= 0.6 is 0 Å². The number of aromatic nitrogens is 2. The lowest BCUT2D eigenvalue weighted by molar-refractivity contribution is 0.102. The third-order valence-corrected chi connectivity index (χ3v) is 3.82. The van der Waals surface area contributed by atoms with E-state index in [1.165, 1.54) is 0 Å². The molecule has 0 bridgehead atoms. The van der Waals surface area contributed by atoms with E-state index < -0.39 is 0 Å². The summed E-state index contributed by atoms with van der Waals surface area (Å²) in [5.41, 5.74) is 2.28. The average molecular weight is 366 g/mol. The number of nitrogens with zero attached hydrogens (tertiary/aromatic N) is 2. The van der Waals surface area contributed by atoms with Crippen molar-refractivity contribution in [2.45, 2.75) is 27.0 Å². The van der Waals surface area contributed by atoms with Crippen molar-refractivity contribution in [3.8, 4) is 5.75 Å². The first-order chi connectivity index (χ1) is 13.2. The van der Waals surface area contributed by atoms with Crippen LogP contribution in [0.15, 0.2) is 53.1 Å². The second kappa shape index (κ2) is 8.95. The molecule has 1 aromatic heterocycles. The topological polar surface area (TPSA) is 89.3 Å². The Morgan fingerprint density at radius 2 is 2.04 bits per heavy atom. The predicted octanol–water partition coefficient (Wildman–Crippen LogP) is 3.32. The lowest BCUT2D eigenvalue weighted by Gasteiger charge is -2.11. The molecule has 0 atom stereocenters. The molecule has 27 heavy (non-hydrogen) atoms. The number of carbonyl (C=O) groups is 1. The summed E-state index contributed by atoms with van der Waals surface area (Å²) >= 11 is 0. The summed E-state index contributed by atoms with van der Waals surface area (Å²) < 4.78 is 10.6. The highest BCUT2D eigenvalue weighted by atomic mass is 16.5. The zero-order valence-corrected chi connectivity index (χ0v) is 15.4. The van der Waals surface area contributed by atoms with Gasteiger partial charge < -0.3 is 19.9 Å². The lowest BCUT2D eigenvalue weighted by Crippen LogP contribution is -2.15. The minimum atomic E-state index is -0.240. The molecule has 0 unspecified atom stereocenters. The Hall–Kier alpha value is -3.19. The third kappa shape index (κ3) is 5.15. The van der Waals surface area contributed by atoms with Gasteiger partial charge in [0.1, 0.15) is 5.75 Å². The van der Waals surface area contributed by atoms with Gasteiger partial charge in [0.05, 0.1) is 5.56 Å². The molecule has 1 heterocycles. The van der Waals surface area contributed by atoms with Crippen LogP contribution in [0.2, 0.25) is 0 Å². The number of aryl methyl sites for hydroxylation is 1. The van der Waals surface area contributed by atoms with E-state index in [9.17, 15) is 4.79 Å². The first-order valence-electron chi connectivity index (χ1n) is 8.77. The number of hydrogen-bond acceptors (Lipinski definition) is 6. The van der Waals surface area contributed by atoms with E-state index in [0.29, 0.717) is 23.0 Å². The minimum Gasteiger partial charge on any atom is -0.485 e. The molecular weight excluding hydrogens is 344 g/mol. The van der Waals surface area contributed by atoms with Gasteiger partial charge in [-0.3, -0.25) is 4.79 Å². The SMILES string of the molecule is CCNCc1cccc(NC(=O)c2ccccc2OCc2noc(C)n2)c1. The zero-order valence-electron chi connectivity index (χ0n) is 15.4. The van der Waals surface area contributed by atoms with E-state index in [1.54, 1.807) is 25.1 Å². The molecule has 0 aliphatic heterocycles. The third-order valence-electron chi connectivity index (χ3n) is 3.82. The molecule has 7 nitrogen and oxygen atoms in total. The zero-order chi connectivity index (χ0) is 19.1. The van der Waals surface area contributed by atoms with Gasteiger partial charge in [-0.1, -0.05) is 36.3 Å². The molecule has 0 saturated carbocycles. The number of para-hydroxylation sites is 1. The highest BCUT2D eigenvalue weighted by Gasteiger charge is 2.14. The van der Waals surface area contributed by atoms with E-state index in [4.69, 9.17) is 9.26 Å². The first kappa shape index (κ1) is 18.6. The van der Waals surface area contributed by atoms with Gasteiger partial charge in [-0.15, -0.1) is 0 Å². The van der Waals surface area contributed by atoms with Gasteiger partial charge >= 0.3 is 0 Å². The molecule has 0 spiro atoms.